The maximum atomic E-state index is 12.6. The van der Waals surface area contributed by atoms with Crippen LogP contribution in [0.15, 0.2) is 77.1 Å². The molecular formula is C24H25N3OS. The third-order valence-electron chi connectivity index (χ3n) is 5.47. The number of carbonyl (C=O) groups is 1. The standard InChI is InChI=1S/C24H25N3OS/c1-26(24(28)22-13-8-16-29-22)15-14-19-17-25-23(18-9-4-3-5-10-18)20-11-6-7-12-21(20)27(19)2/h3-13,16,19H,14-15,17H2,1-2H3. The summed E-state index contributed by atoms with van der Waals surface area (Å²) < 4.78 is 0. The third kappa shape index (κ3) is 4.10. The van der Waals surface area contributed by atoms with E-state index in [1.807, 2.05) is 35.5 Å². The highest BCUT2D eigenvalue weighted by Crippen LogP contribution is 2.28. The van der Waals surface area contributed by atoms with Gasteiger partial charge in [-0.25, -0.2) is 0 Å². The molecule has 2 heterocycles. The molecule has 0 saturated heterocycles. The van der Waals surface area contributed by atoms with Crippen LogP contribution in [-0.4, -0.2) is 49.7 Å². The molecule has 0 radical (unpaired) electrons. The van der Waals surface area contributed by atoms with Crippen molar-refractivity contribution in [1.82, 2.24) is 4.90 Å². The van der Waals surface area contributed by atoms with Crippen molar-refractivity contribution in [3.63, 3.8) is 0 Å². The summed E-state index contributed by atoms with van der Waals surface area (Å²) in [4.78, 5) is 22.5. The minimum absolute atomic E-state index is 0.0881. The van der Waals surface area contributed by atoms with E-state index >= 15 is 0 Å². The van der Waals surface area contributed by atoms with Gasteiger partial charge in [-0.15, -0.1) is 11.3 Å². The number of fused-ring (bicyclic) bond motifs is 1. The van der Waals surface area contributed by atoms with Crippen molar-refractivity contribution < 1.29 is 4.79 Å². The Morgan fingerprint density at radius 3 is 2.62 bits per heavy atom. The van der Waals surface area contributed by atoms with Crippen molar-refractivity contribution in [2.45, 2.75) is 12.5 Å². The molecule has 5 heteroatoms. The molecule has 0 aliphatic carbocycles. The van der Waals surface area contributed by atoms with Gasteiger partial charge in [0.25, 0.3) is 5.91 Å². The van der Waals surface area contributed by atoms with E-state index in [0.717, 1.165) is 28.1 Å². The number of likely N-dealkylation sites (N-methyl/N-ethyl adjacent to an activating group) is 1. The van der Waals surface area contributed by atoms with Crippen LogP contribution in [-0.2, 0) is 0 Å². The van der Waals surface area contributed by atoms with Crippen molar-refractivity contribution in [1.29, 1.82) is 0 Å². The molecule has 2 aromatic carbocycles. The summed E-state index contributed by atoms with van der Waals surface area (Å²) in [5.41, 5.74) is 4.52. The highest BCUT2D eigenvalue weighted by molar-refractivity contribution is 7.12. The zero-order valence-electron chi connectivity index (χ0n) is 16.8. The first kappa shape index (κ1) is 19.4. The summed E-state index contributed by atoms with van der Waals surface area (Å²) in [6.07, 6.45) is 0.865. The second kappa shape index (κ2) is 8.62. The predicted octanol–water partition coefficient (Wildman–Crippen LogP) is 4.57. The van der Waals surface area contributed by atoms with Gasteiger partial charge in [-0.05, 0) is 23.9 Å². The average Bonchev–Trinajstić information content (AvgIpc) is 3.26. The highest BCUT2D eigenvalue weighted by Gasteiger charge is 2.25. The minimum atomic E-state index is 0.0881. The van der Waals surface area contributed by atoms with Gasteiger partial charge in [-0.3, -0.25) is 9.79 Å². The second-order valence-corrected chi connectivity index (χ2v) is 8.28. The van der Waals surface area contributed by atoms with Crippen LogP contribution < -0.4 is 4.90 Å². The molecule has 148 valence electrons. The monoisotopic (exact) mass is 403 g/mol. The van der Waals surface area contributed by atoms with Gasteiger partial charge in [0.1, 0.15) is 0 Å². The summed E-state index contributed by atoms with van der Waals surface area (Å²) in [7, 11) is 4.01. The number of amides is 1. The van der Waals surface area contributed by atoms with Crippen LogP contribution in [0, 0.1) is 0 Å². The number of nitrogens with zero attached hydrogens (tertiary/aromatic N) is 3. The Morgan fingerprint density at radius 2 is 1.86 bits per heavy atom. The van der Waals surface area contributed by atoms with E-state index in [1.54, 1.807) is 0 Å². The molecule has 1 amide bonds. The number of aliphatic imine (C=N–C) groups is 1. The number of hydrogen-bond acceptors (Lipinski definition) is 4. The third-order valence-corrected chi connectivity index (χ3v) is 6.33. The van der Waals surface area contributed by atoms with Gasteiger partial charge in [-0.2, -0.15) is 0 Å². The number of hydrogen-bond donors (Lipinski definition) is 0. The predicted molar refractivity (Wildman–Crippen MR) is 121 cm³/mol. The van der Waals surface area contributed by atoms with E-state index in [-0.39, 0.29) is 11.9 Å². The lowest BCUT2D eigenvalue weighted by Gasteiger charge is -2.30. The molecule has 3 aromatic rings. The Morgan fingerprint density at radius 1 is 1.10 bits per heavy atom. The summed E-state index contributed by atoms with van der Waals surface area (Å²) in [5, 5.41) is 1.94. The number of carbonyl (C=O) groups excluding carboxylic acids is 1. The van der Waals surface area contributed by atoms with Gasteiger partial charge < -0.3 is 9.80 Å². The van der Waals surface area contributed by atoms with Crippen molar-refractivity contribution in [2.24, 2.45) is 4.99 Å². The zero-order chi connectivity index (χ0) is 20.2. The first-order chi connectivity index (χ1) is 14.1. The molecule has 0 N–H and O–H groups in total. The largest absolute Gasteiger partial charge is 0.369 e. The van der Waals surface area contributed by atoms with Crippen LogP contribution in [0.2, 0.25) is 0 Å². The van der Waals surface area contributed by atoms with Gasteiger partial charge >= 0.3 is 0 Å². The fraction of sp³-hybridized carbons (Fsp3) is 0.250. The second-order valence-electron chi connectivity index (χ2n) is 7.33. The van der Waals surface area contributed by atoms with Crippen molar-refractivity contribution in [3.8, 4) is 0 Å². The van der Waals surface area contributed by atoms with Gasteiger partial charge in [0.15, 0.2) is 0 Å². The van der Waals surface area contributed by atoms with E-state index in [4.69, 9.17) is 4.99 Å². The topological polar surface area (TPSA) is 35.9 Å². The van der Waals surface area contributed by atoms with E-state index in [9.17, 15) is 4.79 Å². The first-order valence-electron chi connectivity index (χ1n) is 9.86. The summed E-state index contributed by atoms with van der Waals surface area (Å²) >= 11 is 1.49. The van der Waals surface area contributed by atoms with Crippen LogP contribution >= 0.6 is 11.3 Å². The molecule has 1 aliphatic heterocycles. The Kier molecular flexibility index (Phi) is 5.76. The Balaban J connectivity index is 1.55. The molecule has 0 bridgehead atoms. The SMILES string of the molecule is CN(CCC1CN=C(c2ccccc2)c2ccccc2N1C)C(=O)c1cccs1. The number of thiophene rings is 1. The number of benzodiazepines with no additional fused rings is 1. The minimum Gasteiger partial charge on any atom is -0.369 e. The summed E-state index contributed by atoms with van der Waals surface area (Å²) in [5.74, 6) is 0.0881. The van der Waals surface area contributed by atoms with Crippen LogP contribution in [0.4, 0.5) is 5.69 Å². The summed E-state index contributed by atoms with van der Waals surface area (Å²) in [6, 6.07) is 22.8. The fourth-order valence-electron chi connectivity index (χ4n) is 3.74. The molecule has 4 nitrogen and oxygen atoms in total. The van der Waals surface area contributed by atoms with E-state index in [2.05, 4.69) is 60.5 Å². The zero-order valence-corrected chi connectivity index (χ0v) is 17.6. The Hall–Kier alpha value is -2.92. The number of benzene rings is 2. The lowest BCUT2D eigenvalue weighted by atomic mass is 10.0. The Labute approximate surface area is 176 Å². The molecule has 1 aliphatic rings. The van der Waals surface area contributed by atoms with Gasteiger partial charge in [0.05, 0.1) is 17.1 Å². The molecule has 1 unspecified atom stereocenters. The maximum absolute atomic E-state index is 12.6. The molecule has 1 aromatic heterocycles. The molecule has 0 spiro atoms. The van der Waals surface area contributed by atoms with Gasteiger partial charge in [0.2, 0.25) is 0 Å². The van der Waals surface area contributed by atoms with E-state index in [1.165, 1.54) is 17.0 Å². The number of anilines is 1. The van der Waals surface area contributed by atoms with E-state index < -0.39 is 0 Å². The lowest BCUT2D eigenvalue weighted by molar-refractivity contribution is 0.0796. The lowest BCUT2D eigenvalue weighted by Crippen LogP contribution is -2.38. The van der Waals surface area contributed by atoms with Crippen molar-refractivity contribution in [2.75, 3.05) is 32.1 Å². The van der Waals surface area contributed by atoms with Gasteiger partial charge in [-0.1, -0.05) is 54.6 Å². The number of rotatable bonds is 5. The summed E-state index contributed by atoms with van der Waals surface area (Å²) in [6.45, 7) is 1.40. The maximum Gasteiger partial charge on any atom is 0.263 e. The van der Waals surface area contributed by atoms with E-state index in [0.29, 0.717) is 13.1 Å². The molecule has 1 atom stereocenters. The highest BCUT2D eigenvalue weighted by atomic mass is 32.1. The van der Waals surface area contributed by atoms with Crippen molar-refractivity contribution in [3.05, 3.63) is 88.1 Å². The van der Waals surface area contributed by atoms with Crippen LogP contribution in [0.1, 0.15) is 27.2 Å². The normalized spacial score (nSPS) is 16.0. The first-order valence-corrected chi connectivity index (χ1v) is 10.7. The smallest absolute Gasteiger partial charge is 0.263 e. The fourth-order valence-corrected chi connectivity index (χ4v) is 4.46. The van der Waals surface area contributed by atoms with Crippen LogP contribution in [0.3, 0.4) is 0 Å². The van der Waals surface area contributed by atoms with Crippen molar-refractivity contribution >= 4 is 28.6 Å². The van der Waals surface area contributed by atoms with Crippen LogP contribution in [0.5, 0.6) is 0 Å². The quantitative estimate of drug-likeness (QED) is 0.626. The molecule has 4 rings (SSSR count). The average molecular weight is 404 g/mol. The molecule has 0 saturated carbocycles. The molecule has 0 fully saturated rings. The Bertz CT molecular complexity index is 998. The molecular weight excluding hydrogens is 378 g/mol. The van der Waals surface area contributed by atoms with Gasteiger partial charge in [0, 0.05) is 43.5 Å². The van der Waals surface area contributed by atoms with Crippen LogP contribution in [0.25, 0.3) is 0 Å². The molecule has 29 heavy (non-hydrogen) atoms. The number of para-hydroxylation sites is 1.